The molecule has 11 nitrogen and oxygen atoms in total. The number of carbonyl (C=O) groups is 1. The smallest absolute Gasteiger partial charge is 0.410 e. The van der Waals surface area contributed by atoms with Crippen molar-refractivity contribution in [3.05, 3.63) is 47.7 Å². The predicted octanol–water partition coefficient (Wildman–Crippen LogP) is 10.2. The van der Waals surface area contributed by atoms with E-state index in [1.165, 1.54) is 13.2 Å². The van der Waals surface area contributed by atoms with Crippen LogP contribution in [0.5, 0.6) is 11.8 Å². The van der Waals surface area contributed by atoms with Gasteiger partial charge in [-0.1, -0.05) is 53.5 Å². The van der Waals surface area contributed by atoms with Crippen LogP contribution in [0.15, 0.2) is 30.5 Å². The molecule has 344 valence electrons. The number of methoxy groups -OCH3 is 1. The Balaban J connectivity index is 1.29. The second-order valence-electron chi connectivity index (χ2n) is 20.2. The summed E-state index contributed by atoms with van der Waals surface area (Å²) in [5, 5.41) is 1.36. The lowest BCUT2D eigenvalue weighted by Gasteiger charge is -2.42. The van der Waals surface area contributed by atoms with Crippen LogP contribution >= 0.6 is 0 Å². The van der Waals surface area contributed by atoms with Crippen LogP contribution in [0.4, 0.5) is 23.8 Å². The van der Waals surface area contributed by atoms with Crippen molar-refractivity contribution in [2.75, 3.05) is 51.6 Å². The third kappa shape index (κ3) is 8.39. The van der Waals surface area contributed by atoms with Gasteiger partial charge in [-0.05, 0) is 93.2 Å². The second-order valence-corrected chi connectivity index (χ2v) is 25.8. The van der Waals surface area contributed by atoms with Crippen molar-refractivity contribution in [2.24, 2.45) is 0 Å². The van der Waals surface area contributed by atoms with Gasteiger partial charge in [0.1, 0.15) is 55.0 Å². The first-order valence-electron chi connectivity index (χ1n) is 22.9. The fourth-order valence-corrected chi connectivity index (χ4v) is 16.6. The van der Waals surface area contributed by atoms with E-state index >= 15 is 8.78 Å². The van der Waals surface area contributed by atoms with Gasteiger partial charge >= 0.3 is 12.1 Å². The Hall–Kier alpha value is -4.65. The Morgan fingerprint density at radius 3 is 2.34 bits per heavy atom. The summed E-state index contributed by atoms with van der Waals surface area (Å²) in [6.07, 6.45) is 3.84. The molecule has 2 aromatic carbocycles. The van der Waals surface area contributed by atoms with Gasteiger partial charge in [-0.2, -0.15) is 9.97 Å². The number of anilines is 1. The number of pyridine rings is 1. The topological polar surface area (TPSA) is 102 Å². The molecule has 4 aliphatic rings. The molecule has 2 bridgehead atoms. The lowest BCUT2D eigenvalue weighted by Crippen LogP contribution is -2.57. The van der Waals surface area contributed by atoms with Crippen molar-refractivity contribution in [3.8, 4) is 34.5 Å². The highest BCUT2D eigenvalue weighted by atomic mass is 28.3. The van der Waals surface area contributed by atoms with E-state index in [1.807, 2.05) is 25.7 Å². The van der Waals surface area contributed by atoms with Crippen LogP contribution in [0.3, 0.4) is 0 Å². The molecular weight excluding hydrogens is 838 g/mol. The van der Waals surface area contributed by atoms with E-state index in [2.05, 4.69) is 62.8 Å². The largest absolute Gasteiger partial charge is 0.468 e. The number of piperazine rings is 1. The molecule has 0 saturated carbocycles. The van der Waals surface area contributed by atoms with Crippen molar-refractivity contribution >= 4 is 41.7 Å². The molecule has 4 atom stereocenters. The molecular formula is C49H63F3N6O5Si. The maximum Gasteiger partial charge on any atom is 0.410 e. The third-order valence-electron chi connectivity index (χ3n) is 14.2. The number of alkyl halides is 1. The maximum atomic E-state index is 17.9. The minimum Gasteiger partial charge on any atom is -0.468 e. The van der Waals surface area contributed by atoms with Gasteiger partial charge in [0, 0.05) is 50.3 Å². The minimum atomic E-state index is -2.33. The number of nitrogens with zero attached hydrogens (tertiary/aromatic N) is 6. The first-order valence-corrected chi connectivity index (χ1v) is 25.1. The van der Waals surface area contributed by atoms with E-state index in [4.69, 9.17) is 33.9 Å². The van der Waals surface area contributed by atoms with E-state index in [-0.39, 0.29) is 59.9 Å². The zero-order chi connectivity index (χ0) is 45.9. The standard InChI is InChI=1S/C49H63F3N6O5Si/c1-29(2)64(30(3)4,31(5)6)19-16-37-40(51)15-12-32-20-36(62-28-60-10)21-38(41(32)37)43-42(52)44-39(23-53-43)45(55-46(54-44)61-27-49-17-11-18-57(49)24-33(50)22-49)56-25-34-13-14-35(26-56)58(34)47(59)63-48(7,8)9/h12,15,20-21,23,29-31,33-35H,11,13-14,17-18,22,24-28H2,1-10H3/t33-,34-,35-,49+/m0/s1. The van der Waals surface area contributed by atoms with Crippen LogP contribution in [-0.4, -0.2) is 115 Å². The Morgan fingerprint density at radius 2 is 1.69 bits per heavy atom. The van der Waals surface area contributed by atoms with Crippen LogP contribution in [-0.2, 0) is 9.47 Å². The van der Waals surface area contributed by atoms with Crippen molar-refractivity contribution < 1.29 is 36.9 Å². The summed E-state index contributed by atoms with van der Waals surface area (Å²) in [6.45, 7) is 20.8. The molecule has 15 heteroatoms. The zero-order valence-electron chi connectivity index (χ0n) is 39.0. The number of hydrogen-bond acceptors (Lipinski definition) is 10. The van der Waals surface area contributed by atoms with Gasteiger partial charge in [-0.15, -0.1) is 5.54 Å². The van der Waals surface area contributed by atoms with Crippen molar-refractivity contribution in [1.82, 2.24) is 24.8 Å². The molecule has 4 saturated heterocycles. The average Bonchev–Trinajstić information content (AvgIpc) is 3.85. The Morgan fingerprint density at radius 1 is 0.984 bits per heavy atom. The SMILES string of the molecule is COCOc1cc(-c2ncc3c(N4C[C@@H]5CC[C@@H](C4)N5C(=O)OC(C)(C)C)nc(OC[C@]45CCCN4C[C@@H](F)C5)nc3c2F)c2c(C#C[Si](C(C)C)(C(C)C)C(C)C)c(F)ccc2c1. The van der Waals surface area contributed by atoms with Gasteiger partial charge in [0.05, 0.1) is 28.6 Å². The monoisotopic (exact) mass is 900 g/mol. The second kappa shape index (κ2) is 17.6. The normalized spacial score (nSPS) is 22.5. The summed E-state index contributed by atoms with van der Waals surface area (Å²) in [5.74, 6) is 2.86. The summed E-state index contributed by atoms with van der Waals surface area (Å²) >= 11 is 0. The van der Waals surface area contributed by atoms with Gasteiger partial charge < -0.3 is 23.8 Å². The number of fused-ring (bicyclic) bond motifs is 5. The summed E-state index contributed by atoms with van der Waals surface area (Å²) in [4.78, 5) is 33.9. The van der Waals surface area contributed by atoms with E-state index in [0.29, 0.717) is 70.4 Å². The van der Waals surface area contributed by atoms with E-state index < -0.39 is 37.0 Å². The number of hydrogen-bond donors (Lipinski definition) is 0. The Labute approximate surface area is 376 Å². The molecule has 1 amide bonds. The zero-order valence-corrected chi connectivity index (χ0v) is 40.0. The van der Waals surface area contributed by atoms with Gasteiger partial charge in [0.25, 0.3) is 0 Å². The summed E-state index contributed by atoms with van der Waals surface area (Å²) < 4.78 is 72.5. The molecule has 4 aliphatic heterocycles. The first kappa shape index (κ1) is 45.9. The van der Waals surface area contributed by atoms with Crippen LogP contribution < -0.4 is 14.4 Å². The molecule has 0 unspecified atom stereocenters. The fourth-order valence-electron chi connectivity index (χ4n) is 11.4. The maximum absolute atomic E-state index is 17.9. The number of rotatable bonds is 11. The van der Waals surface area contributed by atoms with Gasteiger partial charge in [-0.25, -0.2) is 18.0 Å². The lowest BCUT2D eigenvalue weighted by molar-refractivity contribution is 0.0122. The number of aromatic nitrogens is 3. The molecule has 0 N–H and O–H groups in total. The fraction of sp³-hybridized carbons (Fsp3) is 0.592. The van der Waals surface area contributed by atoms with Crippen molar-refractivity contribution in [3.63, 3.8) is 0 Å². The van der Waals surface area contributed by atoms with Crippen LogP contribution in [0.1, 0.15) is 100.0 Å². The van der Waals surface area contributed by atoms with Crippen molar-refractivity contribution in [1.29, 1.82) is 0 Å². The van der Waals surface area contributed by atoms with Gasteiger partial charge in [0.15, 0.2) is 12.6 Å². The Bertz CT molecular complexity index is 2450. The van der Waals surface area contributed by atoms with Crippen LogP contribution in [0.25, 0.3) is 32.9 Å². The number of amides is 1. The number of benzene rings is 2. The van der Waals surface area contributed by atoms with Gasteiger partial charge in [-0.3, -0.25) is 14.8 Å². The Kier molecular flexibility index (Phi) is 12.6. The molecule has 2 aromatic heterocycles. The molecule has 8 rings (SSSR count). The summed E-state index contributed by atoms with van der Waals surface area (Å²) in [6, 6.07) is 6.09. The number of carbonyl (C=O) groups excluding carboxylic acids is 1. The highest BCUT2D eigenvalue weighted by Gasteiger charge is 2.50. The molecule has 0 aliphatic carbocycles. The number of halogens is 3. The average molecular weight is 901 g/mol. The summed E-state index contributed by atoms with van der Waals surface area (Å²) in [7, 11) is -0.816. The van der Waals surface area contributed by atoms with E-state index in [1.54, 1.807) is 24.4 Å². The molecule has 4 fully saturated rings. The number of ether oxygens (including phenoxy) is 4. The molecule has 64 heavy (non-hydrogen) atoms. The highest BCUT2D eigenvalue weighted by molar-refractivity contribution is 6.90. The van der Waals surface area contributed by atoms with Crippen LogP contribution in [0, 0.1) is 23.1 Å². The van der Waals surface area contributed by atoms with Crippen LogP contribution in [0.2, 0.25) is 16.6 Å². The summed E-state index contributed by atoms with van der Waals surface area (Å²) in [5.41, 5.74) is 3.77. The predicted molar refractivity (Wildman–Crippen MR) is 246 cm³/mol. The quantitative estimate of drug-likeness (QED) is 0.0821. The van der Waals surface area contributed by atoms with E-state index in [0.717, 1.165) is 32.2 Å². The van der Waals surface area contributed by atoms with Gasteiger partial charge in [0.2, 0.25) is 0 Å². The third-order valence-corrected chi connectivity index (χ3v) is 20.5. The van der Waals surface area contributed by atoms with Crippen molar-refractivity contribution in [2.45, 2.75) is 140 Å². The van der Waals surface area contributed by atoms with E-state index in [9.17, 15) is 9.18 Å². The minimum absolute atomic E-state index is 0.0336. The molecule has 0 radical (unpaired) electrons. The lowest BCUT2D eigenvalue weighted by atomic mass is 9.95. The molecule has 4 aromatic rings. The molecule has 0 spiro atoms. The first-order chi connectivity index (χ1) is 30.4. The highest BCUT2D eigenvalue weighted by Crippen LogP contribution is 2.44. The molecule has 6 heterocycles.